The van der Waals surface area contributed by atoms with Gasteiger partial charge in [-0.1, -0.05) is 18.2 Å². The van der Waals surface area contributed by atoms with Gasteiger partial charge in [0.15, 0.2) is 0 Å². The summed E-state index contributed by atoms with van der Waals surface area (Å²) in [6.07, 6.45) is 0. The van der Waals surface area contributed by atoms with Gasteiger partial charge in [-0.15, -0.1) is 11.3 Å². The van der Waals surface area contributed by atoms with Crippen molar-refractivity contribution in [3.63, 3.8) is 0 Å². The van der Waals surface area contributed by atoms with Gasteiger partial charge in [0, 0.05) is 23.2 Å². The Morgan fingerprint density at radius 2 is 1.96 bits per heavy atom. The fourth-order valence-corrected chi connectivity index (χ4v) is 2.87. The highest BCUT2D eigenvalue weighted by molar-refractivity contribution is 7.07. The second-order valence-corrected chi connectivity index (χ2v) is 6.38. The van der Waals surface area contributed by atoms with Gasteiger partial charge in [0.1, 0.15) is 12.4 Å². The van der Waals surface area contributed by atoms with Crippen LogP contribution < -0.4 is 21.1 Å². The molecule has 0 saturated carbocycles. The topological polar surface area (TPSA) is 106 Å². The van der Waals surface area contributed by atoms with E-state index in [1.807, 2.05) is 5.38 Å². The molecular formula is C19H18N4O3S. The first-order valence-electron chi connectivity index (χ1n) is 8.14. The molecular weight excluding hydrogens is 364 g/mol. The summed E-state index contributed by atoms with van der Waals surface area (Å²) in [5.41, 5.74) is 9.68. The Morgan fingerprint density at radius 3 is 2.67 bits per heavy atom. The lowest BCUT2D eigenvalue weighted by atomic mass is 10.1. The molecule has 1 aromatic heterocycles. The molecule has 7 nitrogen and oxygen atoms in total. The minimum atomic E-state index is -0.618. The lowest BCUT2D eigenvalue weighted by molar-refractivity contribution is 0.0950. The number of nitrogens with zero attached hydrogens (tertiary/aromatic N) is 1. The highest BCUT2D eigenvalue weighted by Crippen LogP contribution is 2.16. The number of amides is 3. The maximum Gasteiger partial charge on any atom is 0.316 e. The van der Waals surface area contributed by atoms with Crippen LogP contribution in [0.2, 0.25) is 0 Å². The number of anilines is 1. The Bertz CT molecular complexity index is 911. The third kappa shape index (κ3) is 5.55. The molecule has 0 spiro atoms. The lowest BCUT2D eigenvalue weighted by Crippen LogP contribution is -2.23. The van der Waals surface area contributed by atoms with Gasteiger partial charge in [-0.3, -0.25) is 4.79 Å². The number of primary amides is 1. The van der Waals surface area contributed by atoms with Crippen LogP contribution in [0.4, 0.5) is 10.5 Å². The van der Waals surface area contributed by atoms with E-state index in [1.54, 1.807) is 54.0 Å². The van der Waals surface area contributed by atoms with Crippen LogP contribution in [0.25, 0.3) is 0 Å². The Hall–Kier alpha value is -3.39. The summed E-state index contributed by atoms with van der Waals surface area (Å²) in [6, 6.07) is 13.4. The molecule has 1 heterocycles. The van der Waals surface area contributed by atoms with Gasteiger partial charge in [-0.25, -0.2) is 9.78 Å². The predicted molar refractivity (Wildman–Crippen MR) is 104 cm³/mol. The number of carbonyl (C=O) groups is 2. The SMILES string of the molecule is NC(=O)Nc1ccc(CNC(=O)c2cccc(OCc3cscn3)c2)cc1. The minimum Gasteiger partial charge on any atom is -0.487 e. The average molecular weight is 382 g/mol. The summed E-state index contributed by atoms with van der Waals surface area (Å²) >= 11 is 1.51. The first-order chi connectivity index (χ1) is 13.1. The zero-order valence-electron chi connectivity index (χ0n) is 14.3. The van der Waals surface area contributed by atoms with E-state index in [2.05, 4.69) is 15.6 Å². The highest BCUT2D eigenvalue weighted by atomic mass is 32.1. The number of urea groups is 1. The molecule has 0 aliphatic rings. The fraction of sp³-hybridized carbons (Fsp3) is 0.105. The maximum absolute atomic E-state index is 12.4. The van der Waals surface area contributed by atoms with Gasteiger partial charge >= 0.3 is 6.03 Å². The summed E-state index contributed by atoms with van der Waals surface area (Å²) in [7, 11) is 0. The normalized spacial score (nSPS) is 10.2. The van der Waals surface area contributed by atoms with Gasteiger partial charge in [0.05, 0.1) is 11.2 Å². The number of aromatic nitrogens is 1. The molecule has 4 N–H and O–H groups in total. The third-order valence-electron chi connectivity index (χ3n) is 3.64. The van der Waals surface area contributed by atoms with E-state index in [-0.39, 0.29) is 5.91 Å². The van der Waals surface area contributed by atoms with Gasteiger partial charge in [-0.2, -0.15) is 0 Å². The summed E-state index contributed by atoms with van der Waals surface area (Å²) in [6.45, 7) is 0.722. The van der Waals surface area contributed by atoms with Crippen LogP contribution >= 0.6 is 11.3 Å². The van der Waals surface area contributed by atoms with E-state index in [0.717, 1.165) is 11.3 Å². The number of benzene rings is 2. The number of carbonyl (C=O) groups excluding carboxylic acids is 2. The zero-order chi connectivity index (χ0) is 19.1. The van der Waals surface area contributed by atoms with Gasteiger partial charge < -0.3 is 21.1 Å². The molecule has 0 bridgehead atoms. The van der Waals surface area contributed by atoms with Crippen molar-refractivity contribution in [1.29, 1.82) is 0 Å². The average Bonchev–Trinajstić information content (AvgIpc) is 3.19. The van der Waals surface area contributed by atoms with Crippen LogP contribution in [0.1, 0.15) is 21.6 Å². The second kappa shape index (κ2) is 8.81. The van der Waals surface area contributed by atoms with Crippen LogP contribution in [-0.4, -0.2) is 16.9 Å². The summed E-state index contributed by atoms with van der Waals surface area (Å²) in [5.74, 6) is 0.408. The Kier molecular flexibility index (Phi) is 6.01. The maximum atomic E-state index is 12.4. The summed E-state index contributed by atoms with van der Waals surface area (Å²) in [5, 5.41) is 7.26. The number of nitrogens with two attached hydrogens (primary N) is 1. The third-order valence-corrected chi connectivity index (χ3v) is 4.28. The zero-order valence-corrected chi connectivity index (χ0v) is 15.2. The first kappa shape index (κ1) is 18.4. The van der Waals surface area contributed by atoms with E-state index in [9.17, 15) is 9.59 Å². The lowest BCUT2D eigenvalue weighted by Gasteiger charge is -2.09. The monoisotopic (exact) mass is 382 g/mol. The number of nitrogens with one attached hydrogen (secondary N) is 2. The molecule has 0 unspecified atom stereocenters. The van der Waals surface area contributed by atoms with E-state index >= 15 is 0 Å². The van der Waals surface area contributed by atoms with Crippen molar-refractivity contribution in [2.45, 2.75) is 13.2 Å². The standard InChI is InChI=1S/C19H18N4O3S/c20-19(25)23-15-6-4-13(5-7-15)9-21-18(24)14-2-1-3-17(8-14)26-10-16-11-27-12-22-16/h1-8,11-12H,9-10H2,(H,21,24)(H3,20,23,25). The van der Waals surface area contributed by atoms with Crippen LogP contribution in [0.15, 0.2) is 59.4 Å². The molecule has 27 heavy (non-hydrogen) atoms. The van der Waals surface area contributed by atoms with Crippen molar-refractivity contribution in [2.75, 3.05) is 5.32 Å². The number of ether oxygens (including phenoxy) is 1. The van der Waals surface area contributed by atoms with E-state index < -0.39 is 6.03 Å². The van der Waals surface area contributed by atoms with E-state index in [1.165, 1.54) is 11.3 Å². The molecule has 0 atom stereocenters. The quantitative estimate of drug-likeness (QED) is 0.583. The highest BCUT2D eigenvalue weighted by Gasteiger charge is 2.07. The van der Waals surface area contributed by atoms with Crippen molar-refractivity contribution in [3.05, 3.63) is 76.2 Å². The summed E-state index contributed by atoms with van der Waals surface area (Å²) < 4.78 is 5.67. The molecule has 2 aromatic carbocycles. The minimum absolute atomic E-state index is 0.201. The van der Waals surface area contributed by atoms with E-state index in [0.29, 0.717) is 30.2 Å². The molecule has 8 heteroatoms. The molecule has 0 fully saturated rings. The Balaban J connectivity index is 1.54. The van der Waals surface area contributed by atoms with Gasteiger partial charge in [0.25, 0.3) is 5.91 Å². The van der Waals surface area contributed by atoms with Gasteiger partial charge in [-0.05, 0) is 35.9 Å². The van der Waals surface area contributed by atoms with Crippen molar-refractivity contribution in [1.82, 2.24) is 10.3 Å². The van der Waals surface area contributed by atoms with E-state index in [4.69, 9.17) is 10.5 Å². The van der Waals surface area contributed by atoms with Gasteiger partial charge in [0.2, 0.25) is 0 Å². The number of rotatable bonds is 7. The number of thiazole rings is 1. The van der Waals surface area contributed by atoms with Crippen LogP contribution in [0.5, 0.6) is 5.75 Å². The Morgan fingerprint density at radius 1 is 1.15 bits per heavy atom. The molecule has 0 aliphatic carbocycles. The molecule has 0 radical (unpaired) electrons. The summed E-state index contributed by atoms with van der Waals surface area (Å²) in [4.78, 5) is 27.3. The molecule has 3 aromatic rings. The first-order valence-corrected chi connectivity index (χ1v) is 9.08. The van der Waals surface area contributed by atoms with Crippen molar-refractivity contribution in [2.24, 2.45) is 5.73 Å². The largest absolute Gasteiger partial charge is 0.487 e. The molecule has 0 saturated heterocycles. The molecule has 3 amide bonds. The Labute approximate surface area is 160 Å². The van der Waals surface area contributed by atoms with Crippen molar-refractivity contribution >= 4 is 29.0 Å². The fourth-order valence-electron chi connectivity index (χ4n) is 2.33. The second-order valence-electron chi connectivity index (χ2n) is 5.67. The molecule has 0 aliphatic heterocycles. The van der Waals surface area contributed by atoms with Crippen molar-refractivity contribution < 1.29 is 14.3 Å². The number of hydrogen-bond acceptors (Lipinski definition) is 5. The molecule has 3 rings (SSSR count). The van der Waals surface area contributed by atoms with Crippen LogP contribution in [0, 0.1) is 0 Å². The molecule has 138 valence electrons. The smallest absolute Gasteiger partial charge is 0.316 e. The number of hydrogen-bond donors (Lipinski definition) is 3. The van der Waals surface area contributed by atoms with Crippen molar-refractivity contribution in [3.8, 4) is 5.75 Å². The predicted octanol–water partition coefficient (Wildman–Crippen LogP) is 3.14. The van der Waals surface area contributed by atoms with Crippen LogP contribution in [0.3, 0.4) is 0 Å². The van der Waals surface area contributed by atoms with Crippen LogP contribution in [-0.2, 0) is 13.2 Å².